The zero-order chi connectivity index (χ0) is 10.1. The summed E-state index contributed by atoms with van der Waals surface area (Å²) in [5, 5.41) is 4.25. The van der Waals surface area contributed by atoms with Crippen molar-refractivity contribution in [1.29, 1.82) is 0 Å². The zero-order valence-corrected chi connectivity index (χ0v) is 10.4. The standard InChI is InChI=1S/C11H13BrClN/c1-7-5-8(6-7)14-10-4-2-3-9(13)11(10)12/h2-4,7-8,14H,5-6H2,1H3. The van der Waals surface area contributed by atoms with E-state index in [-0.39, 0.29) is 0 Å². The van der Waals surface area contributed by atoms with E-state index in [0.29, 0.717) is 6.04 Å². The molecule has 0 saturated heterocycles. The summed E-state index contributed by atoms with van der Waals surface area (Å²) in [7, 11) is 0. The third-order valence-corrected chi connectivity index (χ3v) is 4.08. The first kappa shape index (κ1) is 10.3. The zero-order valence-electron chi connectivity index (χ0n) is 8.06. The maximum Gasteiger partial charge on any atom is 0.0593 e. The summed E-state index contributed by atoms with van der Waals surface area (Å²) in [4.78, 5) is 0. The van der Waals surface area contributed by atoms with Crippen LogP contribution in [0.1, 0.15) is 19.8 Å². The van der Waals surface area contributed by atoms with Gasteiger partial charge in [0.25, 0.3) is 0 Å². The summed E-state index contributed by atoms with van der Waals surface area (Å²) in [6.45, 7) is 2.28. The van der Waals surface area contributed by atoms with Crippen LogP contribution in [0, 0.1) is 5.92 Å². The van der Waals surface area contributed by atoms with Crippen molar-refractivity contribution in [2.45, 2.75) is 25.8 Å². The number of halogens is 2. The maximum absolute atomic E-state index is 6.00. The molecular weight excluding hydrogens is 261 g/mol. The van der Waals surface area contributed by atoms with Gasteiger partial charge in [0.05, 0.1) is 15.2 Å². The normalized spacial score (nSPS) is 25.6. The Morgan fingerprint density at radius 1 is 1.43 bits per heavy atom. The molecule has 0 aromatic heterocycles. The Morgan fingerprint density at radius 2 is 2.14 bits per heavy atom. The SMILES string of the molecule is CC1CC(Nc2cccc(Cl)c2Br)C1. The van der Waals surface area contributed by atoms with E-state index in [4.69, 9.17) is 11.6 Å². The van der Waals surface area contributed by atoms with Crippen LogP contribution >= 0.6 is 27.5 Å². The van der Waals surface area contributed by atoms with Gasteiger partial charge in [-0.15, -0.1) is 0 Å². The van der Waals surface area contributed by atoms with Gasteiger partial charge in [0.15, 0.2) is 0 Å². The van der Waals surface area contributed by atoms with E-state index in [9.17, 15) is 0 Å². The fourth-order valence-electron chi connectivity index (χ4n) is 1.86. The molecule has 0 heterocycles. The summed E-state index contributed by atoms with van der Waals surface area (Å²) in [5.41, 5.74) is 1.11. The van der Waals surface area contributed by atoms with Crippen LogP contribution in [0.5, 0.6) is 0 Å². The van der Waals surface area contributed by atoms with Crippen molar-refractivity contribution in [2.24, 2.45) is 5.92 Å². The lowest BCUT2D eigenvalue weighted by Gasteiger charge is -2.34. The van der Waals surface area contributed by atoms with Crippen LogP contribution in [0.3, 0.4) is 0 Å². The molecule has 2 rings (SSSR count). The molecule has 0 bridgehead atoms. The lowest BCUT2D eigenvalue weighted by Crippen LogP contribution is -2.33. The summed E-state index contributed by atoms with van der Waals surface area (Å²) in [6, 6.07) is 6.54. The van der Waals surface area contributed by atoms with E-state index in [1.165, 1.54) is 12.8 Å². The molecule has 0 aliphatic heterocycles. The van der Waals surface area contributed by atoms with E-state index in [0.717, 1.165) is 21.1 Å². The highest BCUT2D eigenvalue weighted by atomic mass is 79.9. The Balaban J connectivity index is 2.06. The third kappa shape index (κ3) is 2.06. The number of hydrogen-bond acceptors (Lipinski definition) is 1. The van der Waals surface area contributed by atoms with Gasteiger partial charge in [0.2, 0.25) is 0 Å². The number of rotatable bonds is 2. The number of benzene rings is 1. The summed E-state index contributed by atoms with van der Waals surface area (Å²) in [5.74, 6) is 0.866. The molecular formula is C11H13BrClN. The molecule has 1 N–H and O–H groups in total. The predicted molar refractivity (Wildman–Crippen MR) is 65.0 cm³/mol. The molecule has 1 aliphatic rings. The Kier molecular flexibility index (Phi) is 3.03. The van der Waals surface area contributed by atoms with E-state index >= 15 is 0 Å². The molecule has 0 spiro atoms. The smallest absolute Gasteiger partial charge is 0.0593 e. The Morgan fingerprint density at radius 3 is 2.79 bits per heavy atom. The van der Waals surface area contributed by atoms with Crippen molar-refractivity contribution < 1.29 is 0 Å². The van der Waals surface area contributed by atoms with Crippen LogP contribution in [0.2, 0.25) is 5.02 Å². The van der Waals surface area contributed by atoms with Crippen LogP contribution in [-0.2, 0) is 0 Å². The first-order chi connectivity index (χ1) is 6.66. The number of anilines is 1. The molecule has 1 fully saturated rings. The molecule has 76 valence electrons. The van der Waals surface area contributed by atoms with Crippen molar-refractivity contribution in [3.05, 3.63) is 27.7 Å². The Labute approximate surface area is 98.0 Å². The fourth-order valence-corrected chi connectivity index (χ4v) is 2.41. The van der Waals surface area contributed by atoms with Gasteiger partial charge in [0.1, 0.15) is 0 Å². The second-order valence-electron chi connectivity index (χ2n) is 4.02. The molecule has 1 saturated carbocycles. The monoisotopic (exact) mass is 273 g/mol. The largest absolute Gasteiger partial charge is 0.381 e. The average molecular weight is 275 g/mol. The fraction of sp³-hybridized carbons (Fsp3) is 0.455. The topological polar surface area (TPSA) is 12.0 Å². The van der Waals surface area contributed by atoms with Gasteiger partial charge >= 0.3 is 0 Å². The molecule has 3 heteroatoms. The minimum Gasteiger partial charge on any atom is -0.381 e. The van der Waals surface area contributed by atoms with E-state index < -0.39 is 0 Å². The number of nitrogens with one attached hydrogen (secondary N) is 1. The van der Waals surface area contributed by atoms with Crippen LogP contribution in [-0.4, -0.2) is 6.04 Å². The second-order valence-corrected chi connectivity index (χ2v) is 5.22. The van der Waals surface area contributed by atoms with Crippen LogP contribution < -0.4 is 5.32 Å². The highest BCUT2D eigenvalue weighted by Gasteiger charge is 2.25. The quantitative estimate of drug-likeness (QED) is 0.847. The molecule has 0 unspecified atom stereocenters. The van der Waals surface area contributed by atoms with Crippen molar-refractivity contribution in [3.63, 3.8) is 0 Å². The molecule has 1 aliphatic carbocycles. The van der Waals surface area contributed by atoms with E-state index in [1.807, 2.05) is 12.1 Å². The summed E-state index contributed by atoms with van der Waals surface area (Å²) < 4.78 is 0.973. The van der Waals surface area contributed by atoms with Gasteiger partial charge in [-0.1, -0.05) is 24.6 Å². The first-order valence-corrected chi connectivity index (χ1v) is 6.04. The lowest BCUT2D eigenvalue weighted by molar-refractivity contribution is 0.309. The van der Waals surface area contributed by atoms with Gasteiger partial charge in [-0.05, 0) is 46.8 Å². The highest BCUT2D eigenvalue weighted by molar-refractivity contribution is 9.10. The highest BCUT2D eigenvalue weighted by Crippen LogP contribution is 2.34. The molecule has 1 aromatic rings. The molecule has 14 heavy (non-hydrogen) atoms. The Bertz CT molecular complexity index is 334. The third-order valence-electron chi connectivity index (χ3n) is 2.68. The van der Waals surface area contributed by atoms with Crippen LogP contribution in [0.25, 0.3) is 0 Å². The van der Waals surface area contributed by atoms with Gasteiger partial charge in [-0.2, -0.15) is 0 Å². The minimum atomic E-state index is 0.625. The molecule has 0 amide bonds. The molecule has 1 nitrogen and oxygen atoms in total. The molecule has 0 atom stereocenters. The van der Waals surface area contributed by atoms with Crippen molar-refractivity contribution in [1.82, 2.24) is 0 Å². The average Bonchev–Trinajstić information content (AvgIpc) is 2.10. The van der Waals surface area contributed by atoms with Crippen LogP contribution in [0.4, 0.5) is 5.69 Å². The predicted octanol–water partition coefficient (Wildman–Crippen LogP) is 4.31. The summed E-state index contributed by atoms with van der Waals surface area (Å²) in [6.07, 6.45) is 2.53. The van der Waals surface area contributed by atoms with Gasteiger partial charge in [0, 0.05) is 6.04 Å². The van der Waals surface area contributed by atoms with Gasteiger partial charge < -0.3 is 5.32 Å². The molecule has 0 radical (unpaired) electrons. The van der Waals surface area contributed by atoms with Crippen molar-refractivity contribution in [2.75, 3.05) is 5.32 Å². The van der Waals surface area contributed by atoms with Crippen LogP contribution in [0.15, 0.2) is 22.7 Å². The first-order valence-electron chi connectivity index (χ1n) is 4.87. The minimum absolute atomic E-state index is 0.625. The lowest BCUT2D eigenvalue weighted by atomic mass is 9.82. The second kappa shape index (κ2) is 4.11. The van der Waals surface area contributed by atoms with Gasteiger partial charge in [-0.3, -0.25) is 0 Å². The van der Waals surface area contributed by atoms with Crippen molar-refractivity contribution in [3.8, 4) is 0 Å². The summed E-state index contributed by atoms with van der Waals surface area (Å²) >= 11 is 9.48. The van der Waals surface area contributed by atoms with Gasteiger partial charge in [-0.25, -0.2) is 0 Å². The van der Waals surface area contributed by atoms with E-state index in [2.05, 4.69) is 34.2 Å². The van der Waals surface area contributed by atoms with Crippen molar-refractivity contribution >= 4 is 33.2 Å². The maximum atomic E-state index is 6.00. The number of hydrogen-bond donors (Lipinski definition) is 1. The Hall–Kier alpha value is -0.210. The van der Waals surface area contributed by atoms with E-state index in [1.54, 1.807) is 0 Å². The molecule has 1 aromatic carbocycles.